The summed E-state index contributed by atoms with van der Waals surface area (Å²) in [5.74, 6) is 0.870. The number of furan rings is 1. The summed E-state index contributed by atoms with van der Waals surface area (Å²) >= 11 is 10.1. The standard InChI is InChI=1S/C9H9Br3O/c1-2-6(5-10)3-7-4-8(11)9(12)13-7/h3-4H,2,5H2,1H3. The highest BCUT2D eigenvalue weighted by atomic mass is 79.9. The number of alkyl halides is 1. The first-order chi connectivity index (χ1) is 6.17. The van der Waals surface area contributed by atoms with E-state index in [1.807, 2.05) is 12.1 Å². The maximum Gasteiger partial charge on any atom is 0.184 e. The third-order valence-electron chi connectivity index (χ3n) is 1.64. The topological polar surface area (TPSA) is 13.1 Å². The summed E-state index contributed by atoms with van der Waals surface area (Å²) in [4.78, 5) is 0. The lowest BCUT2D eigenvalue weighted by atomic mass is 10.2. The third-order valence-corrected chi connectivity index (χ3v) is 4.07. The number of allylic oxidation sites excluding steroid dienone is 1. The minimum absolute atomic E-state index is 0.740. The molecule has 72 valence electrons. The van der Waals surface area contributed by atoms with Crippen molar-refractivity contribution >= 4 is 53.9 Å². The molecule has 0 saturated carbocycles. The first kappa shape index (κ1) is 11.5. The van der Waals surface area contributed by atoms with Gasteiger partial charge in [-0.1, -0.05) is 28.4 Å². The van der Waals surface area contributed by atoms with Crippen molar-refractivity contribution in [3.8, 4) is 0 Å². The molecule has 0 aromatic carbocycles. The summed E-state index contributed by atoms with van der Waals surface area (Å²) in [5, 5.41) is 0.888. The molecule has 0 atom stereocenters. The molecule has 1 rings (SSSR count). The van der Waals surface area contributed by atoms with E-state index in [-0.39, 0.29) is 0 Å². The maximum atomic E-state index is 5.42. The van der Waals surface area contributed by atoms with E-state index in [4.69, 9.17) is 4.42 Å². The minimum Gasteiger partial charge on any atom is -0.449 e. The molecule has 0 aliphatic carbocycles. The van der Waals surface area contributed by atoms with Crippen LogP contribution in [0.2, 0.25) is 0 Å². The van der Waals surface area contributed by atoms with Crippen molar-refractivity contribution in [3.63, 3.8) is 0 Å². The molecule has 0 unspecified atom stereocenters. The molecule has 4 heteroatoms. The Balaban J connectivity index is 2.89. The Hall–Kier alpha value is 0.460. The second-order valence-electron chi connectivity index (χ2n) is 2.56. The fourth-order valence-electron chi connectivity index (χ4n) is 0.871. The molecule has 0 bridgehead atoms. The second-order valence-corrected chi connectivity index (χ2v) is 4.70. The van der Waals surface area contributed by atoms with E-state index in [1.54, 1.807) is 0 Å². The number of hydrogen-bond donors (Lipinski definition) is 0. The van der Waals surface area contributed by atoms with Crippen LogP contribution in [-0.4, -0.2) is 5.33 Å². The van der Waals surface area contributed by atoms with Gasteiger partial charge in [0.25, 0.3) is 0 Å². The molecule has 0 spiro atoms. The van der Waals surface area contributed by atoms with Gasteiger partial charge in [0.2, 0.25) is 0 Å². The highest BCUT2D eigenvalue weighted by molar-refractivity contribution is 9.13. The Morgan fingerprint density at radius 2 is 2.23 bits per heavy atom. The summed E-state index contributed by atoms with van der Waals surface area (Å²) in [5.41, 5.74) is 1.31. The summed E-state index contributed by atoms with van der Waals surface area (Å²) in [6.45, 7) is 2.13. The zero-order valence-electron chi connectivity index (χ0n) is 7.11. The Morgan fingerprint density at radius 3 is 2.62 bits per heavy atom. The SMILES string of the molecule is CCC(=Cc1cc(Br)c(Br)o1)CBr. The highest BCUT2D eigenvalue weighted by Gasteiger charge is 2.04. The lowest BCUT2D eigenvalue weighted by molar-refractivity contribution is 0.529. The van der Waals surface area contributed by atoms with E-state index in [9.17, 15) is 0 Å². The molecule has 0 radical (unpaired) electrons. The van der Waals surface area contributed by atoms with Crippen molar-refractivity contribution in [2.24, 2.45) is 0 Å². The van der Waals surface area contributed by atoms with Crippen LogP contribution in [0.15, 0.2) is 25.2 Å². The van der Waals surface area contributed by atoms with Gasteiger partial charge in [-0.15, -0.1) is 0 Å². The Morgan fingerprint density at radius 1 is 1.54 bits per heavy atom. The molecule has 1 aromatic heterocycles. The van der Waals surface area contributed by atoms with E-state index in [0.717, 1.165) is 26.7 Å². The molecular weight excluding hydrogens is 364 g/mol. The number of hydrogen-bond acceptors (Lipinski definition) is 1. The quantitative estimate of drug-likeness (QED) is 0.681. The van der Waals surface area contributed by atoms with Gasteiger partial charge in [0.1, 0.15) is 5.76 Å². The van der Waals surface area contributed by atoms with Gasteiger partial charge in [0, 0.05) is 5.33 Å². The van der Waals surface area contributed by atoms with Crippen molar-refractivity contribution in [1.82, 2.24) is 0 Å². The van der Waals surface area contributed by atoms with E-state index in [2.05, 4.69) is 54.7 Å². The Labute approximate surface area is 103 Å². The van der Waals surface area contributed by atoms with Gasteiger partial charge in [0.05, 0.1) is 4.47 Å². The molecule has 0 aliphatic heterocycles. The summed E-state index contributed by atoms with van der Waals surface area (Å²) in [6.07, 6.45) is 3.07. The number of halogens is 3. The van der Waals surface area contributed by atoms with Crippen LogP contribution < -0.4 is 0 Å². The molecule has 1 nitrogen and oxygen atoms in total. The highest BCUT2D eigenvalue weighted by Crippen LogP contribution is 2.28. The fourth-order valence-corrected chi connectivity index (χ4v) is 2.04. The zero-order valence-corrected chi connectivity index (χ0v) is 11.9. The van der Waals surface area contributed by atoms with Crippen LogP contribution in [0.4, 0.5) is 0 Å². The summed E-state index contributed by atoms with van der Waals surface area (Å²) in [6, 6.07) is 1.95. The van der Waals surface area contributed by atoms with Crippen molar-refractivity contribution in [2.45, 2.75) is 13.3 Å². The monoisotopic (exact) mass is 370 g/mol. The molecule has 0 fully saturated rings. The lowest BCUT2D eigenvalue weighted by Crippen LogP contribution is -1.79. The van der Waals surface area contributed by atoms with Gasteiger partial charge in [-0.25, -0.2) is 0 Å². The molecule has 1 aromatic rings. The van der Waals surface area contributed by atoms with E-state index < -0.39 is 0 Å². The van der Waals surface area contributed by atoms with E-state index in [0.29, 0.717) is 0 Å². The van der Waals surface area contributed by atoms with Gasteiger partial charge in [-0.2, -0.15) is 0 Å². The molecule has 0 aliphatic rings. The van der Waals surface area contributed by atoms with Crippen LogP contribution in [0.1, 0.15) is 19.1 Å². The van der Waals surface area contributed by atoms with Crippen LogP contribution in [0, 0.1) is 0 Å². The lowest BCUT2D eigenvalue weighted by Gasteiger charge is -1.95. The largest absolute Gasteiger partial charge is 0.449 e. The van der Waals surface area contributed by atoms with Gasteiger partial charge < -0.3 is 4.42 Å². The number of rotatable bonds is 3. The van der Waals surface area contributed by atoms with Crippen LogP contribution in [0.3, 0.4) is 0 Å². The van der Waals surface area contributed by atoms with Crippen LogP contribution >= 0.6 is 47.8 Å². The first-order valence-electron chi connectivity index (χ1n) is 3.87. The van der Waals surface area contributed by atoms with Crippen LogP contribution in [-0.2, 0) is 0 Å². The molecule has 0 N–H and O–H groups in total. The fraction of sp³-hybridized carbons (Fsp3) is 0.333. The summed E-state index contributed by atoms with van der Waals surface area (Å²) < 4.78 is 7.11. The predicted molar refractivity (Wildman–Crippen MR) is 66.2 cm³/mol. The summed E-state index contributed by atoms with van der Waals surface area (Å²) in [7, 11) is 0. The van der Waals surface area contributed by atoms with Crippen molar-refractivity contribution in [3.05, 3.63) is 26.5 Å². The Bertz CT molecular complexity index is 289. The average Bonchev–Trinajstić information content (AvgIpc) is 2.42. The van der Waals surface area contributed by atoms with Crippen molar-refractivity contribution in [1.29, 1.82) is 0 Å². The van der Waals surface area contributed by atoms with Gasteiger partial charge in [0.15, 0.2) is 4.67 Å². The van der Waals surface area contributed by atoms with Crippen molar-refractivity contribution < 1.29 is 4.42 Å². The molecule has 13 heavy (non-hydrogen) atoms. The van der Waals surface area contributed by atoms with Gasteiger partial charge >= 0.3 is 0 Å². The second kappa shape index (κ2) is 5.37. The predicted octanol–water partition coefficient (Wildman–Crippen LogP) is 4.99. The van der Waals surface area contributed by atoms with Crippen LogP contribution in [0.5, 0.6) is 0 Å². The average molecular weight is 373 g/mol. The molecule has 1 heterocycles. The van der Waals surface area contributed by atoms with E-state index >= 15 is 0 Å². The normalized spacial score (nSPS) is 12.2. The molecule has 0 saturated heterocycles. The molecular formula is C9H9Br3O. The zero-order chi connectivity index (χ0) is 9.84. The van der Waals surface area contributed by atoms with Crippen LogP contribution in [0.25, 0.3) is 6.08 Å². The third kappa shape index (κ3) is 3.26. The van der Waals surface area contributed by atoms with Crippen molar-refractivity contribution in [2.75, 3.05) is 5.33 Å². The Kier molecular flexibility index (Phi) is 4.76. The minimum atomic E-state index is 0.740. The smallest absolute Gasteiger partial charge is 0.184 e. The van der Waals surface area contributed by atoms with Gasteiger partial charge in [-0.05, 0) is 50.4 Å². The van der Waals surface area contributed by atoms with E-state index in [1.165, 1.54) is 5.57 Å². The maximum absolute atomic E-state index is 5.42. The molecule has 0 amide bonds. The first-order valence-corrected chi connectivity index (χ1v) is 6.58. The van der Waals surface area contributed by atoms with Gasteiger partial charge in [-0.3, -0.25) is 0 Å².